The van der Waals surface area contributed by atoms with Crippen LogP contribution >= 0.6 is 15.9 Å². The predicted octanol–water partition coefficient (Wildman–Crippen LogP) is 1.03. The van der Waals surface area contributed by atoms with Gasteiger partial charge in [-0.3, -0.25) is 4.79 Å². The minimum absolute atomic E-state index is 0.00997. The minimum Gasteiger partial charge on any atom is -0.368 e. The highest BCUT2D eigenvalue weighted by atomic mass is 79.9. The van der Waals surface area contributed by atoms with Gasteiger partial charge in [0.25, 0.3) is 5.56 Å². The van der Waals surface area contributed by atoms with Crippen LogP contribution in [0.5, 0.6) is 0 Å². The number of likely N-dealkylation sites (N-methyl/N-ethyl adjacent to an activating group) is 1. The molecule has 0 N–H and O–H groups in total. The van der Waals surface area contributed by atoms with E-state index in [1.54, 1.807) is 10.7 Å². The highest BCUT2D eigenvalue weighted by Gasteiger charge is 2.15. The fourth-order valence-corrected chi connectivity index (χ4v) is 2.35. The Bertz CT molecular complexity index is 468. The van der Waals surface area contributed by atoms with E-state index >= 15 is 0 Å². The van der Waals surface area contributed by atoms with Crippen molar-refractivity contribution in [2.45, 2.75) is 13.5 Å². The number of piperazine rings is 1. The van der Waals surface area contributed by atoms with Gasteiger partial charge in [-0.1, -0.05) is 22.9 Å². The lowest BCUT2D eigenvalue weighted by Gasteiger charge is -2.33. The fourth-order valence-electron chi connectivity index (χ4n) is 2.14. The minimum atomic E-state index is -0.00997. The highest BCUT2D eigenvalue weighted by molar-refractivity contribution is 9.09. The molecule has 1 saturated heterocycles. The van der Waals surface area contributed by atoms with Crippen molar-refractivity contribution in [2.24, 2.45) is 5.92 Å². The standard InChI is InChI=1S/C13H21BrN4O/c1-11(8-14)10-18-13(19)7-12(9-15-18)17-5-3-16(2)4-6-17/h7,9,11H,3-6,8,10H2,1-2H3. The third-order valence-electron chi connectivity index (χ3n) is 3.47. The maximum Gasteiger partial charge on any atom is 0.268 e. The van der Waals surface area contributed by atoms with Crippen LogP contribution in [-0.4, -0.2) is 53.2 Å². The van der Waals surface area contributed by atoms with Gasteiger partial charge in [0.2, 0.25) is 0 Å². The van der Waals surface area contributed by atoms with Crippen molar-refractivity contribution in [3.63, 3.8) is 0 Å². The summed E-state index contributed by atoms with van der Waals surface area (Å²) in [7, 11) is 2.12. The van der Waals surface area contributed by atoms with Crippen molar-refractivity contribution in [3.8, 4) is 0 Å². The Morgan fingerprint density at radius 3 is 2.63 bits per heavy atom. The Morgan fingerprint density at radius 1 is 1.37 bits per heavy atom. The third kappa shape index (κ3) is 3.79. The second kappa shape index (κ2) is 6.52. The number of hydrogen-bond donors (Lipinski definition) is 0. The maximum atomic E-state index is 12.0. The molecule has 0 amide bonds. The van der Waals surface area contributed by atoms with Gasteiger partial charge < -0.3 is 9.80 Å². The largest absolute Gasteiger partial charge is 0.368 e. The smallest absolute Gasteiger partial charge is 0.268 e. The Labute approximate surface area is 122 Å². The number of aromatic nitrogens is 2. The van der Waals surface area contributed by atoms with Crippen molar-refractivity contribution in [1.82, 2.24) is 14.7 Å². The molecule has 19 heavy (non-hydrogen) atoms. The molecule has 1 aliphatic rings. The molecule has 0 aliphatic carbocycles. The second-order valence-corrected chi connectivity index (χ2v) is 5.93. The normalized spacial score (nSPS) is 18.6. The highest BCUT2D eigenvalue weighted by Crippen LogP contribution is 2.12. The summed E-state index contributed by atoms with van der Waals surface area (Å²) < 4.78 is 1.55. The summed E-state index contributed by atoms with van der Waals surface area (Å²) in [5.74, 6) is 0.402. The van der Waals surface area contributed by atoms with Crippen LogP contribution in [0.3, 0.4) is 0 Å². The summed E-state index contributed by atoms with van der Waals surface area (Å²) in [6.45, 7) is 6.73. The van der Waals surface area contributed by atoms with E-state index in [4.69, 9.17) is 0 Å². The van der Waals surface area contributed by atoms with Crippen LogP contribution in [0.4, 0.5) is 5.69 Å². The molecule has 0 aromatic carbocycles. The van der Waals surface area contributed by atoms with Crippen LogP contribution in [-0.2, 0) is 6.54 Å². The van der Waals surface area contributed by atoms with E-state index in [1.165, 1.54) is 0 Å². The first-order chi connectivity index (χ1) is 9.10. The topological polar surface area (TPSA) is 41.4 Å². The number of alkyl halides is 1. The number of nitrogens with zero attached hydrogens (tertiary/aromatic N) is 4. The SMILES string of the molecule is CC(CBr)Cn1ncc(N2CCN(C)CC2)cc1=O. The lowest BCUT2D eigenvalue weighted by Crippen LogP contribution is -2.45. The van der Waals surface area contributed by atoms with Crippen molar-refractivity contribution in [3.05, 3.63) is 22.6 Å². The quantitative estimate of drug-likeness (QED) is 0.774. The van der Waals surface area contributed by atoms with Crippen molar-refractivity contribution < 1.29 is 0 Å². The first-order valence-corrected chi connectivity index (χ1v) is 7.79. The molecular weight excluding hydrogens is 308 g/mol. The molecule has 1 aliphatic heterocycles. The molecule has 0 bridgehead atoms. The average Bonchev–Trinajstić information content (AvgIpc) is 2.41. The number of anilines is 1. The van der Waals surface area contributed by atoms with Crippen LogP contribution in [0.25, 0.3) is 0 Å². The molecule has 2 heterocycles. The Morgan fingerprint density at radius 2 is 2.05 bits per heavy atom. The van der Waals surface area contributed by atoms with E-state index in [2.05, 4.69) is 44.8 Å². The zero-order chi connectivity index (χ0) is 13.8. The van der Waals surface area contributed by atoms with Gasteiger partial charge in [-0.05, 0) is 13.0 Å². The molecular formula is C13H21BrN4O. The monoisotopic (exact) mass is 328 g/mol. The van der Waals surface area contributed by atoms with Crippen molar-refractivity contribution in [2.75, 3.05) is 43.5 Å². The fraction of sp³-hybridized carbons (Fsp3) is 0.692. The Hall–Kier alpha value is -0.880. The van der Waals surface area contributed by atoms with Gasteiger partial charge in [0.1, 0.15) is 0 Å². The number of hydrogen-bond acceptors (Lipinski definition) is 4. The molecule has 1 unspecified atom stereocenters. The molecule has 6 heteroatoms. The van der Waals surface area contributed by atoms with E-state index < -0.39 is 0 Å². The zero-order valence-corrected chi connectivity index (χ0v) is 13.1. The number of rotatable bonds is 4. The first kappa shape index (κ1) is 14.5. The van der Waals surface area contributed by atoms with Gasteiger partial charge in [-0.25, -0.2) is 4.68 Å². The van der Waals surface area contributed by atoms with E-state index in [0.717, 1.165) is 37.2 Å². The molecule has 2 rings (SSSR count). The van der Waals surface area contributed by atoms with E-state index in [1.807, 2.05) is 6.20 Å². The molecule has 0 spiro atoms. The predicted molar refractivity (Wildman–Crippen MR) is 81.2 cm³/mol. The third-order valence-corrected chi connectivity index (χ3v) is 4.58. The number of halogens is 1. The molecule has 0 radical (unpaired) electrons. The van der Waals surface area contributed by atoms with Gasteiger partial charge in [-0.2, -0.15) is 5.10 Å². The summed E-state index contributed by atoms with van der Waals surface area (Å²) in [5.41, 5.74) is 0.935. The van der Waals surface area contributed by atoms with Crippen molar-refractivity contribution in [1.29, 1.82) is 0 Å². The van der Waals surface area contributed by atoms with Crippen LogP contribution in [0, 0.1) is 5.92 Å². The summed E-state index contributed by atoms with van der Waals surface area (Å²) in [4.78, 5) is 16.6. The first-order valence-electron chi connectivity index (χ1n) is 6.67. The zero-order valence-electron chi connectivity index (χ0n) is 11.5. The van der Waals surface area contributed by atoms with Gasteiger partial charge in [-0.15, -0.1) is 0 Å². The summed E-state index contributed by atoms with van der Waals surface area (Å²) in [6, 6.07) is 1.71. The summed E-state index contributed by atoms with van der Waals surface area (Å²) in [6.07, 6.45) is 1.81. The van der Waals surface area contributed by atoms with Gasteiger partial charge in [0.05, 0.1) is 11.9 Å². The second-order valence-electron chi connectivity index (χ2n) is 5.28. The molecule has 1 fully saturated rings. The lowest BCUT2D eigenvalue weighted by molar-refractivity contribution is 0.312. The van der Waals surface area contributed by atoms with Crippen LogP contribution in [0.15, 0.2) is 17.1 Å². The Balaban J connectivity index is 2.08. The summed E-state index contributed by atoms with van der Waals surface area (Å²) >= 11 is 3.42. The van der Waals surface area contributed by atoms with Crippen LogP contribution in [0.1, 0.15) is 6.92 Å². The summed E-state index contributed by atoms with van der Waals surface area (Å²) in [5, 5.41) is 5.16. The Kier molecular flexibility index (Phi) is 4.99. The molecule has 1 aromatic heterocycles. The average molecular weight is 329 g/mol. The van der Waals surface area contributed by atoms with E-state index in [-0.39, 0.29) is 5.56 Å². The van der Waals surface area contributed by atoms with Gasteiger partial charge in [0.15, 0.2) is 0 Å². The van der Waals surface area contributed by atoms with Crippen LogP contribution < -0.4 is 10.5 Å². The van der Waals surface area contributed by atoms with Gasteiger partial charge in [0, 0.05) is 44.1 Å². The molecule has 5 nitrogen and oxygen atoms in total. The van der Waals surface area contributed by atoms with Gasteiger partial charge >= 0.3 is 0 Å². The maximum absolute atomic E-state index is 12.0. The molecule has 0 saturated carbocycles. The van der Waals surface area contributed by atoms with E-state index in [9.17, 15) is 4.79 Å². The van der Waals surface area contributed by atoms with E-state index in [0.29, 0.717) is 12.5 Å². The molecule has 1 aromatic rings. The van der Waals surface area contributed by atoms with Crippen LogP contribution in [0.2, 0.25) is 0 Å². The molecule has 1 atom stereocenters. The lowest BCUT2D eigenvalue weighted by atomic mass is 10.2. The molecule has 106 valence electrons. The van der Waals surface area contributed by atoms with Crippen molar-refractivity contribution >= 4 is 21.6 Å².